The van der Waals surface area contributed by atoms with Crippen LogP contribution in [0, 0.1) is 34.5 Å². The van der Waals surface area contributed by atoms with E-state index in [0.29, 0.717) is 22.5 Å². The van der Waals surface area contributed by atoms with Gasteiger partial charge in [0.25, 0.3) is 0 Å². The van der Waals surface area contributed by atoms with Gasteiger partial charge in [0, 0.05) is 12.8 Å². The van der Waals surface area contributed by atoms with Crippen molar-refractivity contribution in [2.24, 2.45) is 34.5 Å². The Morgan fingerprint density at radius 3 is 2.80 bits per heavy atom. The van der Waals surface area contributed by atoms with E-state index < -0.39 is 0 Å². The highest BCUT2D eigenvalue weighted by Gasteiger charge is 2.56. The summed E-state index contributed by atoms with van der Waals surface area (Å²) in [5, 5.41) is 0. The maximum absolute atomic E-state index is 11.8. The molecule has 0 radical (unpaired) electrons. The summed E-state index contributed by atoms with van der Waals surface area (Å²) in [6, 6.07) is 0. The molecule has 4 aliphatic rings. The summed E-state index contributed by atoms with van der Waals surface area (Å²) in [5.41, 5.74) is 0.968. The first-order chi connectivity index (χ1) is 9.53. The van der Waals surface area contributed by atoms with Gasteiger partial charge in [0.2, 0.25) is 0 Å². The van der Waals surface area contributed by atoms with Crippen LogP contribution in [0.1, 0.15) is 65.2 Å². The van der Waals surface area contributed by atoms with Crippen molar-refractivity contribution < 1.29 is 4.79 Å². The van der Waals surface area contributed by atoms with Crippen molar-refractivity contribution in [1.29, 1.82) is 0 Å². The fraction of sp³-hybridized carbons (Fsp3) is 0.842. The van der Waals surface area contributed by atoms with Crippen molar-refractivity contribution in [3.63, 3.8) is 0 Å². The van der Waals surface area contributed by atoms with Crippen molar-refractivity contribution in [2.75, 3.05) is 0 Å². The van der Waals surface area contributed by atoms with Crippen LogP contribution in [0.5, 0.6) is 0 Å². The fourth-order valence-corrected chi connectivity index (χ4v) is 6.53. The number of hydrogen-bond donors (Lipinski definition) is 0. The van der Waals surface area contributed by atoms with E-state index in [2.05, 4.69) is 26.0 Å². The molecule has 3 saturated carbocycles. The van der Waals surface area contributed by atoms with Gasteiger partial charge >= 0.3 is 0 Å². The minimum atomic E-state index is 0.473. The molecule has 0 unspecified atom stereocenters. The molecule has 0 spiro atoms. The predicted molar refractivity (Wildman–Crippen MR) is 81.3 cm³/mol. The molecule has 0 bridgehead atoms. The largest absolute Gasteiger partial charge is 0.300 e. The van der Waals surface area contributed by atoms with E-state index in [-0.39, 0.29) is 0 Å². The zero-order valence-electron chi connectivity index (χ0n) is 13.0. The first kappa shape index (κ1) is 13.1. The van der Waals surface area contributed by atoms with Gasteiger partial charge in [-0.3, -0.25) is 4.79 Å². The molecule has 0 aromatic rings. The van der Waals surface area contributed by atoms with Gasteiger partial charge in [-0.25, -0.2) is 0 Å². The number of rotatable bonds is 0. The van der Waals surface area contributed by atoms with E-state index >= 15 is 0 Å². The topological polar surface area (TPSA) is 17.1 Å². The van der Waals surface area contributed by atoms with Crippen LogP contribution >= 0.6 is 0 Å². The third kappa shape index (κ3) is 1.64. The Labute approximate surface area is 123 Å². The second-order valence-corrected chi connectivity index (χ2v) is 8.58. The van der Waals surface area contributed by atoms with Gasteiger partial charge in [0.05, 0.1) is 0 Å². The van der Waals surface area contributed by atoms with Crippen molar-refractivity contribution in [3.05, 3.63) is 12.2 Å². The summed E-state index contributed by atoms with van der Waals surface area (Å²) in [7, 11) is 0. The molecule has 4 aliphatic carbocycles. The number of hydrogen-bond acceptors (Lipinski definition) is 1. The van der Waals surface area contributed by atoms with Crippen molar-refractivity contribution >= 4 is 5.78 Å². The molecule has 20 heavy (non-hydrogen) atoms. The number of carbonyl (C=O) groups excluding carboxylic acids is 1. The SMILES string of the molecule is C[C@]12CCC(=O)C[C@H]1CC[C@H]1[C@H]2CC[C@@]2(C)C=CC[C@H]12. The monoisotopic (exact) mass is 272 g/mol. The Morgan fingerprint density at radius 2 is 1.95 bits per heavy atom. The van der Waals surface area contributed by atoms with Gasteiger partial charge in [0.1, 0.15) is 5.78 Å². The lowest BCUT2D eigenvalue weighted by Crippen LogP contribution is -2.52. The molecule has 1 heteroatoms. The number of carbonyl (C=O) groups is 1. The predicted octanol–water partition coefficient (Wildman–Crippen LogP) is 4.76. The van der Waals surface area contributed by atoms with Gasteiger partial charge in [0.15, 0.2) is 0 Å². The van der Waals surface area contributed by atoms with Crippen LogP contribution in [0.2, 0.25) is 0 Å². The van der Waals surface area contributed by atoms with Gasteiger partial charge < -0.3 is 0 Å². The maximum atomic E-state index is 11.8. The number of fused-ring (bicyclic) bond motifs is 5. The van der Waals surface area contributed by atoms with Gasteiger partial charge in [-0.1, -0.05) is 26.0 Å². The number of ketones is 1. The molecular formula is C19H28O. The summed E-state index contributed by atoms with van der Waals surface area (Å²) in [6.45, 7) is 5.03. The molecule has 0 aromatic heterocycles. The van der Waals surface area contributed by atoms with Crippen LogP contribution in [-0.2, 0) is 4.79 Å². The van der Waals surface area contributed by atoms with E-state index in [9.17, 15) is 4.79 Å². The molecule has 4 rings (SSSR count). The van der Waals surface area contributed by atoms with Crippen LogP contribution in [0.15, 0.2) is 12.2 Å². The summed E-state index contributed by atoms with van der Waals surface area (Å²) in [6.07, 6.45) is 14.7. The van der Waals surface area contributed by atoms with Crippen LogP contribution in [0.4, 0.5) is 0 Å². The van der Waals surface area contributed by atoms with E-state index in [1.807, 2.05) is 0 Å². The smallest absolute Gasteiger partial charge is 0.133 e. The lowest BCUT2D eigenvalue weighted by atomic mass is 9.45. The highest BCUT2D eigenvalue weighted by Crippen LogP contribution is 2.64. The zero-order chi connectivity index (χ0) is 14.0. The molecule has 0 N–H and O–H groups in total. The highest BCUT2D eigenvalue weighted by molar-refractivity contribution is 5.79. The average Bonchev–Trinajstić information content (AvgIpc) is 2.81. The molecule has 0 aliphatic heterocycles. The fourth-order valence-electron chi connectivity index (χ4n) is 6.53. The molecule has 0 aromatic carbocycles. The quantitative estimate of drug-likeness (QED) is 0.581. The zero-order valence-corrected chi connectivity index (χ0v) is 13.0. The Bertz CT molecular complexity index is 464. The molecule has 1 nitrogen and oxygen atoms in total. The minimum Gasteiger partial charge on any atom is -0.300 e. The molecular weight excluding hydrogens is 244 g/mol. The summed E-state index contributed by atoms with van der Waals surface area (Å²) in [4.78, 5) is 11.8. The highest BCUT2D eigenvalue weighted by atomic mass is 16.1. The minimum absolute atomic E-state index is 0.473. The van der Waals surface area contributed by atoms with Crippen molar-refractivity contribution in [3.8, 4) is 0 Å². The van der Waals surface area contributed by atoms with E-state index in [1.165, 1.54) is 38.5 Å². The van der Waals surface area contributed by atoms with Crippen LogP contribution in [-0.4, -0.2) is 5.78 Å². The molecule has 0 heterocycles. The van der Waals surface area contributed by atoms with Crippen LogP contribution in [0.25, 0.3) is 0 Å². The van der Waals surface area contributed by atoms with Crippen LogP contribution in [0.3, 0.4) is 0 Å². The third-order valence-corrected chi connectivity index (χ3v) is 7.81. The lowest BCUT2D eigenvalue weighted by Gasteiger charge is -2.59. The lowest BCUT2D eigenvalue weighted by molar-refractivity contribution is -0.136. The van der Waals surface area contributed by atoms with Crippen molar-refractivity contribution in [1.82, 2.24) is 0 Å². The first-order valence-electron chi connectivity index (χ1n) is 8.72. The first-order valence-corrected chi connectivity index (χ1v) is 8.72. The second kappa shape index (κ2) is 4.21. The van der Waals surface area contributed by atoms with Gasteiger partial charge in [-0.2, -0.15) is 0 Å². The van der Waals surface area contributed by atoms with Gasteiger partial charge in [-0.05, 0) is 73.0 Å². The Morgan fingerprint density at radius 1 is 1.10 bits per heavy atom. The molecule has 0 saturated heterocycles. The summed E-state index contributed by atoms with van der Waals surface area (Å²) >= 11 is 0. The Hall–Kier alpha value is -0.590. The summed E-state index contributed by atoms with van der Waals surface area (Å²) in [5.74, 6) is 3.96. The number of Topliss-reactive ketones (excluding diaryl/α,β-unsaturated/α-hetero) is 1. The van der Waals surface area contributed by atoms with E-state index in [0.717, 1.165) is 30.6 Å². The van der Waals surface area contributed by atoms with Crippen LogP contribution < -0.4 is 0 Å². The van der Waals surface area contributed by atoms with Gasteiger partial charge in [-0.15, -0.1) is 0 Å². The number of allylic oxidation sites excluding steroid dienone is 2. The normalized spacial score (nSPS) is 54.2. The molecule has 6 atom stereocenters. The average molecular weight is 272 g/mol. The molecule has 0 amide bonds. The Kier molecular flexibility index (Phi) is 2.76. The maximum Gasteiger partial charge on any atom is 0.133 e. The third-order valence-electron chi connectivity index (χ3n) is 7.81. The van der Waals surface area contributed by atoms with Crippen molar-refractivity contribution in [2.45, 2.75) is 65.2 Å². The standard InChI is InChI=1S/C19H28O/c1-18-9-3-4-16(18)15-6-5-13-12-14(20)7-11-19(13,2)17(15)8-10-18/h3,9,13,15-17H,4-8,10-12H2,1-2H3/t13-,15-,16-,17-,18-,19+/m1/s1. The second-order valence-electron chi connectivity index (χ2n) is 8.58. The molecule has 3 fully saturated rings. The molecule has 110 valence electrons. The van der Waals surface area contributed by atoms with E-state index in [4.69, 9.17) is 0 Å². The Balaban J connectivity index is 1.64. The van der Waals surface area contributed by atoms with E-state index in [1.54, 1.807) is 0 Å². The summed E-state index contributed by atoms with van der Waals surface area (Å²) < 4.78 is 0.